The predicted octanol–water partition coefficient (Wildman–Crippen LogP) is 5.81. The molecule has 0 aliphatic carbocycles. The third-order valence-corrected chi connectivity index (χ3v) is 10.7. The lowest BCUT2D eigenvalue weighted by Gasteiger charge is -2.42. The van der Waals surface area contributed by atoms with Crippen LogP contribution in [0.4, 0.5) is 5.69 Å². The van der Waals surface area contributed by atoms with Gasteiger partial charge in [-0.1, -0.05) is 78.9 Å². The van der Waals surface area contributed by atoms with E-state index in [9.17, 15) is 19.8 Å². The Hall–Kier alpha value is -4.90. The second-order valence-corrected chi connectivity index (χ2v) is 14.2. The average molecular weight is 721 g/mol. The number of carbonyl (C=O) groups excluding carboxylic acids is 2. The molecule has 10 nitrogen and oxygen atoms in total. The van der Waals surface area contributed by atoms with Gasteiger partial charge in [-0.2, -0.15) is 0 Å². The molecule has 10 heteroatoms. The monoisotopic (exact) mass is 720 g/mol. The van der Waals surface area contributed by atoms with Gasteiger partial charge < -0.3 is 40.1 Å². The Morgan fingerprint density at radius 2 is 1.66 bits per heavy atom. The zero-order valence-electron chi connectivity index (χ0n) is 30.9. The molecular weight excluding hydrogens is 668 g/mol. The predicted molar refractivity (Wildman–Crippen MR) is 207 cm³/mol. The summed E-state index contributed by atoms with van der Waals surface area (Å²) in [4.78, 5) is 29.7. The highest BCUT2D eigenvalue weighted by Crippen LogP contribution is 2.45. The lowest BCUT2D eigenvalue weighted by molar-refractivity contribution is -0.134. The molecule has 1 saturated heterocycles. The van der Waals surface area contributed by atoms with Gasteiger partial charge >= 0.3 is 0 Å². The zero-order valence-corrected chi connectivity index (χ0v) is 30.9. The Morgan fingerprint density at radius 1 is 0.943 bits per heavy atom. The van der Waals surface area contributed by atoms with E-state index in [1.165, 1.54) is 5.56 Å². The summed E-state index contributed by atoms with van der Waals surface area (Å²) in [6.45, 7) is 6.42. The highest BCUT2D eigenvalue weighted by atomic mass is 16.5. The molecule has 6 rings (SSSR count). The summed E-state index contributed by atoms with van der Waals surface area (Å²) in [6, 6.07) is 29.8. The van der Waals surface area contributed by atoms with Crippen LogP contribution in [0.2, 0.25) is 0 Å². The van der Waals surface area contributed by atoms with Crippen LogP contribution in [0.3, 0.4) is 0 Å². The molecule has 0 saturated carbocycles. The number of amides is 2. The second-order valence-electron chi connectivity index (χ2n) is 14.2. The smallest absolute Gasteiger partial charge is 0.262 e. The van der Waals surface area contributed by atoms with E-state index >= 15 is 0 Å². The Labute approximate surface area is 312 Å². The average Bonchev–Trinajstić information content (AvgIpc) is 3.18. The van der Waals surface area contributed by atoms with E-state index in [-0.39, 0.29) is 42.0 Å². The topological polar surface area (TPSA) is 124 Å². The van der Waals surface area contributed by atoms with Crippen molar-refractivity contribution in [1.29, 1.82) is 0 Å². The molecule has 4 aromatic carbocycles. The first kappa shape index (κ1) is 37.8. The molecule has 0 aromatic heterocycles. The minimum atomic E-state index is -0.294. The fourth-order valence-electron chi connectivity index (χ4n) is 7.59. The number of piperidine rings is 1. The summed E-state index contributed by atoms with van der Waals surface area (Å²) in [7, 11) is 2.15. The van der Waals surface area contributed by atoms with E-state index in [4.69, 9.17) is 9.47 Å². The van der Waals surface area contributed by atoms with E-state index < -0.39 is 0 Å². The fourth-order valence-corrected chi connectivity index (χ4v) is 7.59. The number of anilines is 1. The molecule has 0 bridgehead atoms. The van der Waals surface area contributed by atoms with Crippen molar-refractivity contribution < 1.29 is 29.3 Å². The van der Waals surface area contributed by atoms with E-state index in [1.54, 1.807) is 12.1 Å². The maximum absolute atomic E-state index is 13.7. The number of nitrogens with zero attached hydrogens (tertiary/aromatic N) is 2. The van der Waals surface area contributed by atoms with Gasteiger partial charge in [-0.15, -0.1) is 0 Å². The number of aromatic hydroxyl groups is 2. The highest BCUT2D eigenvalue weighted by Gasteiger charge is 2.39. The maximum Gasteiger partial charge on any atom is 0.262 e. The minimum absolute atomic E-state index is 0.0213. The molecule has 280 valence electrons. The van der Waals surface area contributed by atoms with Crippen molar-refractivity contribution in [2.45, 2.75) is 50.5 Å². The molecule has 0 radical (unpaired) electrons. The van der Waals surface area contributed by atoms with Crippen LogP contribution in [0, 0.1) is 0 Å². The van der Waals surface area contributed by atoms with Gasteiger partial charge in [0.1, 0.15) is 17.2 Å². The van der Waals surface area contributed by atoms with Gasteiger partial charge in [-0.3, -0.25) is 9.59 Å². The molecule has 53 heavy (non-hydrogen) atoms. The van der Waals surface area contributed by atoms with Crippen LogP contribution in [0.25, 0.3) is 0 Å². The number of carbonyl (C=O) groups is 2. The Balaban J connectivity index is 1.02. The standard InChI is InChI=1S/C43H52N4O6/c1-31(33-9-5-3-6-10-33)47(26-23-44-22-17-34-14-16-38(49)41-42(34)53-30-39(50)45-41)40(51)19-28-52-27-18-32-13-15-37(48)36(29-32)43(20-24-46(2)25-21-43)35-11-7-4-8-12-35/h3-16,29,31,44,48-49H,17-28,30H2,1-2H3,(H,45,50)/t31-/m1/s1. The Morgan fingerprint density at radius 3 is 2.42 bits per heavy atom. The third-order valence-electron chi connectivity index (χ3n) is 10.7. The summed E-state index contributed by atoms with van der Waals surface area (Å²) < 4.78 is 11.7. The van der Waals surface area contributed by atoms with Gasteiger partial charge in [0.15, 0.2) is 12.4 Å². The summed E-state index contributed by atoms with van der Waals surface area (Å²) in [5.74, 6) is 0.544. The van der Waals surface area contributed by atoms with Crippen molar-refractivity contribution in [3.05, 3.63) is 119 Å². The molecule has 4 N–H and O–H groups in total. The maximum atomic E-state index is 13.7. The van der Waals surface area contributed by atoms with Gasteiger partial charge in [-0.25, -0.2) is 0 Å². The van der Waals surface area contributed by atoms with Crippen LogP contribution in [0.5, 0.6) is 17.2 Å². The largest absolute Gasteiger partial charge is 0.508 e. The summed E-state index contributed by atoms with van der Waals surface area (Å²) >= 11 is 0. The summed E-state index contributed by atoms with van der Waals surface area (Å²) in [5, 5.41) is 27.4. The van der Waals surface area contributed by atoms with E-state index in [0.29, 0.717) is 62.9 Å². The molecule has 1 fully saturated rings. The number of hydrogen-bond donors (Lipinski definition) is 4. The Bertz CT molecular complexity index is 1830. The number of hydrogen-bond acceptors (Lipinski definition) is 8. The van der Waals surface area contributed by atoms with Gasteiger partial charge in [0.25, 0.3) is 5.91 Å². The van der Waals surface area contributed by atoms with Crippen molar-refractivity contribution in [2.75, 3.05) is 64.9 Å². The molecule has 1 atom stereocenters. The lowest BCUT2D eigenvalue weighted by atomic mass is 9.67. The van der Waals surface area contributed by atoms with Gasteiger partial charge in [0.05, 0.1) is 25.7 Å². The molecule has 2 heterocycles. The fraction of sp³-hybridized carbons (Fsp3) is 0.395. The van der Waals surface area contributed by atoms with Crippen LogP contribution < -0.4 is 15.4 Å². The normalized spacial score (nSPS) is 15.9. The molecule has 2 amide bonds. The number of rotatable bonds is 16. The van der Waals surface area contributed by atoms with E-state index in [0.717, 1.165) is 48.2 Å². The third kappa shape index (κ3) is 9.19. The molecule has 0 spiro atoms. The van der Waals surface area contributed by atoms with Crippen molar-refractivity contribution in [3.8, 4) is 17.2 Å². The van der Waals surface area contributed by atoms with Crippen LogP contribution in [-0.2, 0) is 32.6 Å². The van der Waals surface area contributed by atoms with E-state index in [2.05, 4.69) is 59.8 Å². The van der Waals surface area contributed by atoms with Gasteiger partial charge in [0, 0.05) is 24.1 Å². The van der Waals surface area contributed by atoms with Gasteiger partial charge in [0.2, 0.25) is 5.91 Å². The van der Waals surface area contributed by atoms with Crippen LogP contribution >= 0.6 is 0 Å². The van der Waals surface area contributed by atoms with Crippen LogP contribution in [-0.4, -0.2) is 91.4 Å². The number of fused-ring (bicyclic) bond motifs is 1. The lowest BCUT2D eigenvalue weighted by Crippen LogP contribution is -2.41. The van der Waals surface area contributed by atoms with Crippen LogP contribution in [0.15, 0.2) is 91.0 Å². The molecular formula is C43H52N4O6. The molecule has 2 aliphatic rings. The first-order valence-electron chi connectivity index (χ1n) is 18.7. The quantitative estimate of drug-likeness (QED) is 0.0845. The van der Waals surface area contributed by atoms with Crippen molar-refractivity contribution in [3.63, 3.8) is 0 Å². The number of phenols is 2. The number of likely N-dealkylation sites (tertiary alicyclic amines) is 1. The highest BCUT2D eigenvalue weighted by molar-refractivity contribution is 5.97. The summed E-state index contributed by atoms with van der Waals surface area (Å²) in [5.41, 5.74) is 5.34. The SMILES string of the molecule is C[C@H](c1ccccc1)N(CCNCCc1ccc(O)c2c1OCC(=O)N2)C(=O)CCOCCc1ccc(O)c(C2(c3ccccc3)CCN(C)CC2)c1. The zero-order chi connectivity index (χ0) is 37.2. The van der Waals surface area contributed by atoms with Gasteiger partial charge in [-0.05, 0) is 93.7 Å². The molecule has 4 aromatic rings. The van der Waals surface area contributed by atoms with Crippen LogP contribution in [0.1, 0.15) is 60.0 Å². The first-order valence-corrected chi connectivity index (χ1v) is 18.7. The number of nitrogens with one attached hydrogen (secondary N) is 2. The second kappa shape index (κ2) is 17.7. The number of benzene rings is 4. The van der Waals surface area contributed by atoms with Crippen molar-refractivity contribution >= 4 is 17.5 Å². The molecule has 0 unspecified atom stereocenters. The molecule has 2 aliphatic heterocycles. The minimum Gasteiger partial charge on any atom is -0.508 e. The summed E-state index contributed by atoms with van der Waals surface area (Å²) in [6.07, 6.45) is 3.45. The van der Waals surface area contributed by atoms with Crippen molar-refractivity contribution in [2.24, 2.45) is 0 Å². The number of phenolic OH excluding ortho intramolecular Hbond substituents is 2. The van der Waals surface area contributed by atoms with E-state index in [1.807, 2.05) is 53.4 Å². The Kier molecular flexibility index (Phi) is 12.7. The van der Waals surface area contributed by atoms with Crippen molar-refractivity contribution in [1.82, 2.24) is 15.1 Å². The number of ether oxygens (including phenoxy) is 2. The first-order chi connectivity index (χ1) is 25.7.